The molecule has 0 aromatic carbocycles. The molecule has 0 spiro atoms. The third-order valence-corrected chi connectivity index (χ3v) is 5.53. The van der Waals surface area contributed by atoms with E-state index in [1.54, 1.807) is 0 Å². The zero-order valence-corrected chi connectivity index (χ0v) is 11.2. The van der Waals surface area contributed by atoms with Gasteiger partial charge in [-0.2, -0.15) is 0 Å². The first-order chi connectivity index (χ1) is 7.86. The van der Waals surface area contributed by atoms with E-state index in [9.17, 15) is 13.2 Å². The second-order valence-electron chi connectivity index (χ2n) is 4.80. The lowest BCUT2D eigenvalue weighted by molar-refractivity contribution is -0.142. The summed E-state index contributed by atoms with van der Waals surface area (Å²) >= 11 is 0. The number of nitrogens with zero attached hydrogens (tertiary/aromatic N) is 1. The summed E-state index contributed by atoms with van der Waals surface area (Å²) in [7, 11) is -3.20. The van der Waals surface area contributed by atoms with Crippen LogP contribution in [0.2, 0.25) is 0 Å². The molecule has 0 aliphatic carbocycles. The Morgan fingerprint density at radius 2 is 1.94 bits per heavy atom. The molecule has 1 unspecified atom stereocenters. The topological polar surface area (TPSA) is 74.7 Å². The Bertz CT molecular complexity index is 358. The molecule has 0 radical (unpaired) electrons. The summed E-state index contributed by atoms with van der Waals surface area (Å²) in [5.74, 6) is -0.882. The van der Waals surface area contributed by atoms with Gasteiger partial charge in [0.15, 0.2) is 0 Å². The van der Waals surface area contributed by atoms with E-state index in [4.69, 9.17) is 5.11 Å². The van der Waals surface area contributed by atoms with E-state index in [1.807, 2.05) is 13.8 Å². The Kier molecular flexibility index (Phi) is 4.94. The van der Waals surface area contributed by atoms with E-state index in [0.29, 0.717) is 25.9 Å². The maximum atomic E-state index is 12.0. The molecule has 0 aromatic rings. The van der Waals surface area contributed by atoms with E-state index < -0.39 is 16.0 Å². The van der Waals surface area contributed by atoms with Crippen LogP contribution in [0.1, 0.15) is 33.1 Å². The maximum absolute atomic E-state index is 12.0. The van der Waals surface area contributed by atoms with Crippen LogP contribution in [0.15, 0.2) is 0 Å². The van der Waals surface area contributed by atoms with Gasteiger partial charge >= 0.3 is 5.97 Å². The Hall–Kier alpha value is -0.620. The molecule has 1 heterocycles. The normalized spacial score (nSPS) is 21.3. The predicted molar refractivity (Wildman–Crippen MR) is 65.2 cm³/mol. The molecular weight excluding hydrogens is 242 g/mol. The van der Waals surface area contributed by atoms with E-state index in [2.05, 4.69) is 0 Å². The van der Waals surface area contributed by atoms with Gasteiger partial charge in [-0.05, 0) is 18.8 Å². The van der Waals surface area contributed by atoms with E-state index in [1.165, 1.54) is 4.31 Å². The highest BCUT2D eigenvalue weighted by Crippen LogP contribution is 2.21. The van der Waals surface area contributed by atoms with Crippen molar-refractivity contribution in [3.63, 3.8) is 0 Å². The zero-order valence-electron chi connectivity index (χ0n) is 10.4. The number of carboxylic acids is 1. The van der Waals surface area contributed by atoms with Gasteiger partial charge in [0, 0.05) is 13.1 Å². The van der Waals surface area contributed by atoms with Crippen molar-refractivity contribution in [2.45, 2.75) is 33.1 Å². The first-order valence-electron chi connectivity index (χ1n) is 6.07. The predicted octanol–water partition coefficient (Wildman–Crippen LogP) is 1.16. The highest BCUT2D eigenvalue weighted by Gasteiger charge is 2.31. The Morgan fingerprint density at radius 1 is 1.41 bits per heavy atom. The highest BCUT2D eigenvalue weighted by atomic mass is 32.2. The largest absolute Gasteiger partial charge is 0.481 e. The monoisotopic (exact) mass is 263 g/mol. The van der Waals surface area contributed by atoms with Crippen LogP contribution in [-0.4, -0.2) is 42.6 Å². The van der Waals surface area contributed by atoms with Crippen molar-refractivity contribution < 1.29 is 18.3 Å². The van der Waals surface area contributed by atoms with Gasteiger partial charge in [0.05, 0.1) is 11.7 Å². The minimum Gasteiger partial charge on any atom is -0.481 e. The molecule has 1 aliphatic rings. The number of piperidine rings is 1. The summed E-state index contributed by atoms with van der Waals surface area (Å²) < 4.78 is 25.5. The first-order valence-corrected chi connectivity index (χ1v) is 7.68. The van der Waals surface area contributed by atoms with E-state index >= 15 is 0 Å². The fraction of sp³-hybridized carbons (Fsp3) is 0.909. The summed E-state index contributed by atoms with van der Waals surface area (Å²) in [6, 6.07) is 0. The molecule has 5 nitrogen and oxygen atoms in total. The molecular formula is C11H21NO4S. The molecule has 1 rings (SSSR count). The van der Waals surface area contributed by atoms with Gasteiger partial charge in [0.25, 0.3) is 0 Å². The zero-order chi connectivity index (χ0) is 13.1. The van der Waals surface area contributed by atoms with Crippen LogP contribution in [-0.2, 0) is 14.8 Å². The molecule has 1 saturated heterocycles. The Labute approximate surface area is 103 Å². The lowest BCUT2D eigenvalue weighted by atomic mass is 9.99. The van der Waals surface area contributed by atoms with Crippen LogP contribution in [0.5, 0.6) is 0 Å². The van der Waals surface area contributed by atoms with Gasteiger partial charge in [0.2, 0.25) is 10.0 Å². The molecule has 1 fully saturated rings. The standard InChI is InChI=1S/C11H21NO4S/c1-3-9(2)8-17(15,16)12-6-4-10(5-7-12)11(13)14/h9-10H,3-8H2,1-2H3,(H,13,14). The van der Waals surface area contributed by atoms with Crippen molar-refractivity contribution in [3.05, 3.63) is 0 Å². The second kappa shape index (κ2) is 5.82. The van der Waals surface area contributed by atoms with Gasteiger partial charge < -0.3 is 5.11 Å². The van der Waals surface area contributed by atoms with Crippen molar-refractivity contribution in [2.24, 2.45) is 11.8 Å². The number of rotatable bonds is 5. The van der Waals surface area contributed by atoms with E-state index in [0.717, 1.165) is 6.42 Å². The van der Waals surface area contributed by atoms with Crippen LogP contribution in [0.4, 0.5) is 0 Å². The van der Waals surface area contributed by atoms with Crippen molar-refractivity contribution in [1.29, 1.82) is 0 Å². The average molecular weight is 263 g/mol. The van der Waals surface area contributed by atoms with Crippen LogP contribution in [0.25, 0.3) is 0 Å². The Balaban J connectivity index is 2.56. The fourth-order valence-electron chi connectivity index (χ4n) is 1.96. The summed E-state index contributed by atoms with van der Waals surface area (Å²) in [6.07, 6.45) is 1.69. The smallest absolute Gasteiger partial charge is 0.306 e. The molecule has 17 heavy (non-hydrogen) atoms. The quantitative estimate of drug-likeness (QED) is 0.807. The first kappa shape index (κ1) is 14.4. The average Bonchev–Trinajstić information content (AvgIpc) is 2.28. The third-order valence-electron chi connectivity index (χ3n) is 3.39. The molecule has 0 amide bonds. The van der Waals surface area contributed by atoms with Crippen LogP contribution < -0.4 is 0 Å². The third kappa shape index (κ3) is 3.96. The number of sulfonamides is 1. The maximum Gasteiger partial charge on any atom is 0.306 e. The molecule has 100 valence electrons. The number of aliphatic carboxylic acids is 1. The molecule has 0 bridgehead atoms. The molecule has 1 aliphatic heterocycles. The number of carboxylic acid groups (broad SMARTS) is 1. The van der Waals surface area contributed by atoms with Crippen molar-refractivity contribution in [2.75, 3.05) is 18.8 Å². The highest BCUT2D eigenvalue weighted by molar-refractivity contribution is 7.89. The molecule has 0 aromatic heterocycles. The summed E-state index contributed by atoms with van der Waals surface area (Å²) in [5.41, 5.74) is 0. The van der Waals surface area contributed by atoms with Crippen molar-refractivity contribution >= 4 is 16.0 Å². The lowest BCUT2D eigenvalue weighted by Gasteiger charge is -2.30. The van der Waals surface area contributed by atoms with Gasteiger partial charge in [-0.15, -0.1) is 0 Å². The van der Waals surface area contributed by atoms with Crippen molar-refractivity contribution in [1.82, 2.24) is 4.31 Å². The summed E-state index contributed by atoms with van der Waals surface area (Å²) in [5, 5.41) is 8.84. The molecule has 6 heteroatoms. The lowest BCUT2D eigenvalue weighted by Crippen LogP contribution is -2.42. The minimum absolute atomic E-state index is 0.150. The second-order valence-corrected chi connectivity index (χ2v) is 6.82. The summed E-state index contributed by atoms with van der Waals surface area (Å²) in [4.78, 5) is 10.8. The fourth-order valence-corrected chi connectivity index (χ4v) is 3.90. The number of hydrogen-bond acceptors (Lipinski definition) is 3. The van der Waals surface area contributed by atoms with Crippen LogP contribution in [0, 0.1) is 11.8 Å². The van der Waals surface area contributed by atoms with Crippen molar-refractivity contribution in [3.8, 4) is 0 Å². The number of hydrogen-bond donors (Lipinski definition) is 1. The Morgan fingerprint density at radius 3 is 2.35 bits per heavy atom. The van der Waals surface area contributed by atoms with Crippen LogP contribution in [0.3, 0.4) is 0 Å². The van der Waals surface area contributed by atoms with E-state index in [-0.39, 0.29) is 17.6 Å². The van der Waals surface area contributed by atoms with Gasteiger partial charge in [-0.25, -0.2) is 12.7 Å². The molecule has 1 N–H and O–H groups in total. The molecule has 0 saturated carbocycles. The van der Waals surface area contributed by atoms with Crippen LogP contribution >= 0.6 is 0 Å². The molecule has 1 atom stereocenters. The minimum atomic E-state index is -3.20. The summed E-state index contributed by atoms with van der Waals surface area (Å²) in [6.45, 7) is 4.57. The van der Waals surface area contributed by atoms with Gasteiger partial charge in [-0.3, -0.25) is 4.79 Å². The van der Waals surface area contributed by atoms with Gasteiger partial charge in [-0.1, -0.05) is 20.3 Å². The number of carbonyl (C=O) groups is 1. The SMILES string of the molecule is CCC(C)CS(=O)(=O)N1CCC(C(=O)O)CC1. The van der Waals surface area contributed by atoms with Gasteiger partial charge in [0.1, 0.15) is 0 Å².